The van der Waals surface area contributed by atoms with E-state index in [0.29, 0.717) is 47.0 Å². The first-order valence-electron chi connectivity index (χ1n) is 22.1. The van der Waals surface area contributed by atoms with E-state index in [-0.39, 0.29) is 24.3 Å². The van der Waals surface area contributed by atoms with Gasteiger partial charge < -0.3 is 34.8 Å². The van der Waals surface area contributed by atoms with Gasteiger partial charge >= 0.3 is 5.97 Å². The van der Waals surface area contributed by atoms with Crippen LogP contribution in [0.4, 0.5) is 0 Å². The van der Waals surface area contributed by atoms with Gasteiger partial charge in [0.2, 0.25) is 5.90 Å². The molecule has 6 rings (SSSR count). The van der Waals surface area contributed by atoms with E-state index in [2.05, 4.69) is 41.5 Å². The maximum atomic E-state index is 12.0. The van der Waals surface area contributed by atoms with Crippen molar-refractivity contribution >= 4 is 38.6 Å². The fourth-order valence-electron chi connectivity index (χ4n) is 11.5. The number of aldehydes is 2. The minimum Gasteiger partial charge on any atom is -0.481 e. The molecule has 8 atom stereocenters. The van der Waals surface area contributed by atoms with Crippen LogP contribution in [0.15, 0.2) is 29.5 Å². The number of nitrogens with one attached hydrogen (secondary N) is 1. The number of allylic oxidation sites excluding steroid dienone is 1. The number of hydrogen-bond acceptors (Lipinski definition) is 9. The third kappa shape index (κ3) is 12.6. The summed E-state index contributed by atoms with van der Waals surface area (Å²) in [4.78, 5) is 33.6. The van der Waals surface area contributed by atoms with Crippen molar-refractivity contribution in [1.82, 2.24) is 4.98 Å². The van der Waals surface area contributed by atoms with Gasteiger partial charge in [0.25, 0.3) is 0 Å². The van der Waals surface area contributed by atoms with E-state index >= 15 is 0 Å². The summed E-state index contributed by atoms with van der Waals surface area (Å²) in [5.74, 6) is 2.52. The number of aliphatic carboxylic acids is 1. The molecule has 1 aromatic heterocycles. The zero-order valence-electron chi connectivity index (χ0n) is 38.6. The monoisotopic (exact) mass is 845 g/mol. The molecule has 0 spiro atoms. The molecule has 0 saturated heterocycles. The molecule has 10 nitrogen and oxygen atoms in total. The third-order valence-corrected chi connectivity index (χ3v) is 14.4. The second-order valence-electron chi connectivity index (χ2n) is 18.3. The van der Waals surface area contributed by atoms with Crippen LogP contribution in [-0.4, -0.2) is 82.1 Å². The SMILES string of the molecule is CC.CC(C)(C=O)CC(=O)O.CCC=O.CO.CO.Cc1ccc(C(=N)OCC(O)C23CCC4C(CCC5C6(C)CCCCC6CCC45C)C2=C(C(C)C)C(=P)C3)nc1. The van der Waals surface area contributed by atoms with E-state index in [1.807, 2.05) is 39.8 Å². The Kier molecular flexibility index (Phi) is 22.6. The Morgan fingerprint density at radius 2 is 1.63 bits per heavy atom. The van der Waals surface area contributed by atoms with Gasteiger partial charge in [0.05, 0.1) is 12.5 Å². The molecule has 59 heavy (non-hydrogen) atoms. The van der Waals surface area contributed by atoms with Gasteiger partial charge in [-0.05, 0) is 128 Å². The number of aliphatic hydroxyl groups is 3. The molecule has 4 saturated carbocycles. The van der Waals surface area contributed by atoms with Crippen molar-refractivity contribution in [3.05, 3.63) is 40.7 Å². The molecule has 4 fully saturated rings. The summed E-state index contributed by atoms with van der Waals surface area (Å²) in [5.41, 5.74) is 4.50. The minimum absolute atomic E-state index is 0.0461. The van der Waals surface area contributed by atoms with Crippen molar-refractivity contribution in [3.8, 4) is 0 Å². The van der Waals surface area contributed by atoms with E-state index in [4.69, 9.17) is 25.5 Å². The largest absolute Gasteiger partial charge is 0.481 e. The lowest BCUT2D eigenvalue weighted by Crippen LogP contribution is -2.59. The Morgan fingerprint density at radius 3 is 2.14 bits per heavy atom. The number of aryl methyl sites for hydroxylation is 1. The highest BCUT2D eigenvalue weighted by Crippen LogP contribution is 2.71. The van der Waals surface area contributed by atoms with Gasteiger partial charge in [0.15, 0.2) is 0 Å². The van der Waals surface area contributed by atoms with Gasteiger partial charge in [-0.1, -0.05) is 86.8 Å². The number of nitrogens with zero attached hydrogens (tertiary/aromatic N) is 1. The van der Waals surface area contributed by atoms with Crippen LogP contribution in [0.25, 0.3) is 0 Å². The van der Waals surface area contributed by atoms with Crippen molar-refractivity contribution in [1.29, 1.82) is 5.41 Å². The van der Waals surface area contributed by atoms with Gasteiger partial charge in [0, 0.05) is 37.7 Å². The normalized spacial score (nSPS) is 29.3. The lowest BCUT2D eigenvalue weighted by Gasteiger charge is -2.66. The molecule has 0 radical (unpaired) electrons. The van der Waals surface area contributed by atoms with Crippen molar-refractivity contribution < 1.29 is 39.5 Å². The van der Waals surface area contributed by atoms with E-state index in [9.17, 15) is 19.5 Å². The van der Waals surface area contributed by atoms with E-state index in [1.54, 1.807) is 25.6 Å². The van der Waals surface area contributed by atoms with Gasteiger partial charge in [-0.2, -0.15) is 0 Å². The lowest BCUT2D eigenvalue weighted by atomic mass is 9.39. The molecule has 336 valence electrons. The summed E-state index contributed by atoms with van der Waals surface area (Å²) in [6, 6.07) is 3.78. The molecule has 1 heterocycles. The quantitative estimate of drug-likeness (QED) is 0.0701. The number of carbonyl (C=O) groups is 3. The van der Waals surface area contributed by atoms with Crippen LogP contribution in [0, 0.1) is 63.6 Å². The summed E-state index contributed by atoms with van der Waals surface area (Å²) in [6.45, 7) is 21.1. The van der Waals surface area contributed by atoms with Gasteiger partial charge in [-0.25, -0.2) is 0 Å². The topological polar surface area (TPSA) is 178 Å². The number of ether oxygens (including phenoxy) is 1. The van der Waals surface area contributed by atoms with Crippen LogP contribution in [0.2, 0.25) is 0 Å². The Morgan fingerprint density at radius 1 is 1.00 bits per heavy atom. The first kappa shape index (κ1) is 54.2. The Labute approximate surface area is 359 Å². The second-order valence-corrected chi connectivity index (χ2v) is 18.9. The molecule has 0 aliphatic heterocycles. The third-order valence-electron chi connectivity index (χ3n) is 13.9. The Bertz CT molecular complexity index is 1540. The molecule has 5 aliphatic rings. The maximum Gasteiger partial charge on any atom is 0.304 e. The van der Waals surface area contributed by atoms with Crippen molar-refractivity contribution in [2.75, 3.05) is 20.8 Å². The summed E-state index contributed by atoms with van der Waals surface area (Å²) in [7, 11) is 6.09. The van der Waals surface area contributed by atoms with Crippen LogP contribution in [0.3, 0.4) is 0 Å². The van der Waals surface area contributed by atoms with Crippen LogP contribution >= 0.6 is 8.86 Å². The average Bonchev–Trinajstić information content (AvgIpc) is 3.55. The number of pyridine rings is 1. The fraction of sp³-hybridized carbons (Fsp3) is 0.750. The lowest BCUT2D eigenvalue weighted by molar-refractivity contribution is -0.155. The van der Waals surface area contributed by atoms with Gasteiger partial charge in [0.1, 0.15) is 24.9 Å². The van der Waals surface area contributed by atoms with Gasteiger partial charge in [-0.3, -0.25) is 15.2 Å². The smallest absolute Gasteiger partial charge is 0.304 e. The Balaban J connectivity index is 0.000000778. The number of aliphatic hydroxyl groups excluding tert-OH is 3. The summed E-state index contributed by atoms with van der Waals surface area (Å²) >= 11 is 0. The van der Waals surface area contributed by atoms with Crippen LogP contribution in [-0.2, 0) is 19.1 Å². The molecular weight excluding hydrogens is 764 g/mol. The van der Waals surface area contributed by atoms with Crippen LogP contribution in [0.5, 0.6) is 0 Å². The van der Waals surface area contributed by atoms with E-state index in [1.165, 1.54) is 68.7 Å². The zero-order valence-corrected chi connectivity index (χ0v) is 39.6. The predicted octanol–water partition coefficient (Wildman–Crippen LogP) is 9.71. The van der Waals surface area contributed by atoms with E-state index in [0.717, 1.165) is 50.7 Å². The highest BCUT2D eigenvalue weighted by Gasteiger charge is 2.64. The highest BCUT2D eigenvalue weighted by atomic mass is 31.0. The van der Waals surface area contributed by atoms with Crippen molar-refractivity contribution in [2.45, 2.75) is 159 Å². The molecular formula is C48H81N2O8P. The number of rotatable bonds is 9. The van der Waals surface area contributed by atoms with E-state index < -0.39 is 17.5 Å². The van der Waals surface area contributed by atoms with Gasteiger partial charge in [-0.15, -0.1) is 8.86 Å². The molecule has 0 amide bonds. The second kappa shape index (κ2) is 24.6. The molecule has 11 heteroatoms. The average molecular weight is 845 g/mol. The number of carboxylic acids is 1. The molecule has 5 N–H and O–H groups in total. The summed E-state index contributed by atoms with van der Waals surface area (Å²) in [5, 5.41) is 44.0. The molecule has 1 aromatic rings. The van der Waals surface area contributed by atoms with Crippen LogP contribution in [0.1, 0.15) is 157 Å². The first-order valence-corrected chi connectivity index (χ1v) is 22.6. The molecule has 5 aliphatic carbocycles. The maximum absolute atomic E-state index is 12.0. The minimum atomic E-state index is -0.938. The molecule has 0 aromatic carbocycles. The molecule has 8 unspecified atom stereocenters. The number of fused-ring (bicyclic) bond motifs is 7. The number of hydrogen-bond donors (Lipinski definition) is 5. The number of aromatic nitrogens is 1. The van der Waals surface area contributed by atoms with Crippen molar-refractivity contribution in [3.63, 3.8) is 0 Å². The highest BCUT2D eigenvalue weighted by molar-refractivity contribution is 7.22. The summed E-state index contributed by atoms with van der Waals surface area (Å²) < 4.78 is 5.95. The number of carbonyl (C=O) groups excluding carboxylic acids is 2. The standard InChI is InChI=1S/C35H51N2O2P.C6H10O3.C3H6O.C2H6.2CH4O/c1-21(2)30-27(40)18-35(29(38)20-39-32(36)26-11-9-22(3)19-37-26)17-14-25-24(31(30)35)10-12-28-33(4)15-7-6-8-23(33)13-16-34(25,28)5;1-6(2,4-7)3-5(8)9;1-2-3-4;3*1-2/h9,11,19,21,23-25,28-29,36,38,40H,6-8,10,12-18,20H2,1-5H3;4H,3H2,1-2H3,(H,8,9);3H,2H2,1H3;1-2H3;2*2H,1H3. The van der Waals surface area contributed by atoms with Crippen molar-refractivity contribution in [2.24, 2.45) is 51.2 Å². The zero-order chi connectivity index (χ0) is 45.4. The first-order chi connectivity index (χ1) is 27.9. The number of carboxylic acid groups (broad SMARTS) is 1. The molecule has 0 bridgehead atoms. The van der Waals surface area contributed by atoms with Crippen LogP contribution < -0.4 is 0 Å². The fourth-order valence-corrected chi connectivity index (χ4v) is 12.2. The Hall–Kier alpha value is -2.78. The predicted molar refractivity (Wildman–Crippen MR) is 242 cm³/mol. The summed E-state index contributed by atoms with van der Waals surface area (Å²) in [6.07, 6.45) is 17.4.